The van der Waals surface area contributed by atoms with Crippen LogP contribution in [0.3, 0.4) is 0 Å². The van der Waals surface area contributed by atoms with Crippen molar-refractivity contribution in [2.45, 2.75) is 25.6 Å². The van der Waals surface area contributed by atoms with Gasteiger partial charge in [-0.1, -0.05) is 0 Å². The lowest BCUT2D eigenvalue weighted by atomic mass is 10.1. The van der Waals surface area contributed by atoms with Crippen molar-refractivity contribution in [3.05, 3.63) is 18.7 Å². The monoisotopic (exact) mass is 180 g/mol. The van der Waals surface area contributed by atoms with Gasteiger partial charge in [0.2, 0.25) is 0 Å². The molecule has 0 spiro atoms. The highest BCUT2D eigenvalue weighted by Gasteiger charge is 2.17. The van der Waals surface area contributed by atoms with Crippen LogP contribution in [0, 0.1) is 0 Å². The molecule has 4 heteroatoms. The molecular formula is C9H16N4. The van der Waals surface area contributed by atoms with E-state index in [1.54, 1.807) is 0 Å². The minimum absolute atomic E-state index is 0.515. The van der Waals surface area contributed by atoms with Gasteiger partial charge in [0.25, 0.3) is 0 Å². The Labute approximate surface area is 78.4 Å². The Kier molecular flexibility index (Phi) is 2.61. The van der Waals surface area contributed by atoms with Crippen molar-refractivity contribution in [3.63, 3.8) is 0 Å². The van der Waals surface area contributed by atoms with Gasteiger partial charge in [0.15, 0.2) is 0 Å². The summed E-state index contributed by atoms with van der Waals surface area (Å²) in [7, 11) is 0. The Morgan fingerprint density at radius 3 is 3.08 bits per heavy atom. The van der Waals surface area contributed by atoms with Crippen LogP contribution in [0.4, 0.5) is 0 Å². The summed E-state index contributed by atoms with van der Waals surface area (Å²) in [4.78, 5) is 4.01. The molecule has 0 aliphatic carbocycles. The van der Waals surface area contributed by atoms with E-state index in [1.165, 1.54) is 0 Å². The molecule has 0 bridgehead atoms. The Morgan fingerprint density at radius 1 is 1.69 bits per heavy atom. The third-order valence-electron chi connectivity index (χ3n) is 2.35. The molecule has 1 aromatic rings. The number of nitrogens with one attached hydrogen (secondary N) is 2. The summed E-state index contributed by atoms with van der Waals surface area (Å²) in [5, 5.41) is 6.79. The minimum atomic E-state index is 0.515. The summed E-state index contributed by atoms with van der Waals surface area (Å²) in [6.07, 6.45) is 5.67. The number of aromatic nitrogens is 2. The predicted molar refractivity (Wildman–Crippen MR) is 51.5 cm³/mol. The minimum Gasteiger partial charge on any atom is -0.336 e. The molecule has 0 amide bonds. The smallest absolute Gasteiger partial charge is 0.0946 e. The number of hydrogen-bond acceptors (Lipinski definition) is 3. The van der Waals surface area contributed by atoms with E-state index in [4.69, 9.17) is 0 Å². The molecule has 0 radical (unpaired) electrons. The van der Waals surface area contributed by atoms with Crippen LogP contribution in [0.15, 0.2) is 18.7 Å². The third-order valence-corrected chi connectivity index (χ3v) is 2.35. The highest BCUT2D eigenvalue weighted by atomic mass is 15.1. The number of nitrogens with zero attached hydrogens (tertiary/aromatic N) is 2. The van der Waals surface area contributed by atoms with Gasteiger partial charge in [-0.2, -0.15) is 0 Å². The lowest BCUT2D eigenvalue weighted by Crippen LogP contribution is -2.58. The van der Waals surface area contributed by atoms with Gasteiger partial charge in [0, 0.05) is 44.1 Å². The first kappa shape index (κ1) is 8.72. The van der Waals surface area contributed by atoms with Crippen molar-refractivity contribution < 1.29 is 0 Å². The van der Waals surface area contributed by atoms with Crippen molar-refractivity contribution in [1.29, 1.82) is 0 Å². The van der Waals surface area contributed by atoms with Gasteiger partial charge in [-0.05, 0) is 6.92 Å². The fourth-order valence-corrected chi connectivity index (χ4v) is 1.57. The van der Waals surface area contributed by atoms with Crippen LogP contribution >= 0.6 is 0 Å². The van der Waals surface area contributed by atoms with Crippen molar-refractivity contribution >= 4 is 0 Å². The molecule has 1 aromatic heterocycles. The Hall–Kier alpha value is -0.870. The average Bonchev–Trinajstić information content (AvgIpc) is 2.49. The maximum absolute atomic E-state index is 4.01. The molecule has 2 rings (SSSR count). The Bertz CT molecular complexity index is 240. The molecule has 2 N–H and O–H groups in total. The lowest BCUT2D eigenvalue weighted by molar-refractivity contribution is 0.320. The molecule has 0 aromatic carbocycles. The maximum Gasteiger partial charge on any atom is 0.0946 e. The molecule has 72 valence electrons. The molecule has 13 heavy (non-hydrogen) atoms. The fraction of sp³-hybridized carbons (Fsp3) is 0.667. The SMILES string of the molecule is CC(Cn1ccnc1)NC1CNC1. The van der Waals surface area contributed by atoms with Crippen LogP contribution < -0.4 is 10.6 Å². The predicted octanol–water partition coefficient (Wildman–Crippen LogP) is -0.167. The summed E-state index contributed by atoms with van der Waals surface area (Å²) < 4.78 is 2.10. The van der Waals surface area contributed by atoms with Crippen LogP contribution in [0.2, 0.25) is 0 Å². The lowest BCUT2D eigenvalue weighted by Gasteiger charge is -2.31. The zero-order chi connectivity index (χ0) is 9.10. The first-order valence-electron chi connectivity index (χ1n) is 4.77. The third kappa shape index (κ3) is 2.29. The fourth-order valence-electron chi connectivity index (χ4n) is 1.57. The van der Waals surface area contributed by atoms with E-state index < -0.39 is 0 Å². The van der Waals surface area contributed by atoms with Crippen LogP contribution in [-0.2, 0) is 6.54 Å². The van der Waals surface area contributed by atoms with Crippen molar-refractivity contribution in [2.75, 3.05) is 13.1 Å². The average molecular weight is 180 g/mol. The van der Waals surface area contributed by atoms with E-state index >= 15 is 0 Å². The maximum atomic E-state index is 4.01. The van der Waals surface area contributed by atoms with E-state index in [1.807, 2.05) is 18.7 Å². The molecule has 1 atom stereocenters. The van der Waals surface area contributed by atoms with Gasteiger partial charge in [0.1, 0.15) is 0 Å². The zero-order valence-electron chi connectivity index (χ0n) is 7.90. The van der Waals surface area contributed by atoms with E-state index in [9.17, 15) is 0 Å². The molecule has 1 aliphatic rings. The van der Waals surface area contributed by atoms with Gasteiger partial charge in [-0.15, -0.1) is 0 Å². The summed E-state index contributed by atoms with van der Waals surface area (Å²) >= 11 is 0. The molecule has 1 saturated heterocycles. The van der Waals surface area contributed by atoms with Crippen LogP contribution in [-0.4, -0.2) is 34.7 Å². The van der Waals surface area contributed by atoms with Crippen molar-refractivity contribution in [2.24, 2.45) is 0 Å². The number of imidazole rings is 1. The number of rotatable bonds is 4. The van der Waals surface area contributed by atoms with Crippen LogP contribution in [0.25, 0.3) is 0 Å². The van der Waals surface area contributed by atoms with Gasteiger partial charge < -0.3 is 15.2 Å². The van der Waals surface area contributed by atoms with E-state index in [-0.39, 0.29) is 0 Å². The van der Waals surface area contributed by atoms with Crippen molar-refractivity contribution in [1.82, 2.24) is 20.2 Å². The molecule has 0 saturated carbocycles. The van der Waals surface area contributed by atoms with Gasteiger partial charge in [-0.25, -0.2) is 4.98 Å². The summed E-state index contributed by atoms with van der Waals surface area (Å²) in [5.74, 6) is 0. The first-order valence-corrected chi connectivity index (χ1v) is 4.77. The second-order valence-corrected chi connectivity index (χ2v) is 3.68. The zero-order valence-corrected chi connectivity index (χ0v) is 7.90. The highest BCUT2D eigenvalue weighted by molar-refractivity contribution is 4.84. The van der Waals surface area contributed by atoms with E-state index in [0.29, 0.717) is 12.1 Å². The molecule has 4 nitrogen and oxygen atoms in total. The Balaban J connectivity index is 1.74. The van der Waals surface area contributed by atoms with Gasteiger partial charge >= 0.3 is 0 Å². The standard InChI is InChI=1S/C9H16N4/c1-8(12-9-4-11-5-9)6-13-3-2-10-7-13/h2-3,7-9,11-12H,4-6H2,1H3. The summed E-state index contributed by atoms with van der Waals surface area (Å²) in [5.41, 5.74) is 0. The normalized spacial score (nSPS) is 19.8. The van der Waals surface area contributed by atoms with Gasteiger partial charge in [0.05, 0.1) is 6.33 Å². The Morgan fingerprint density at radius 2 is 2.54 bits per heavy atom. The summed E-state index contributed by atoms with van der Waals surface area (Å²) in [6, 6.07) is 1.18. The summed E-state index contributed by atoms with van der Waals surface area (Å²) in [6.45, 7) is 5.41. The topological polar surface area (TPSA) is 41.9 Å². The van der Waals surface area contributed by atoms with Crippen LogP contribution in [0.5, 0.6) is 0 Å². The molecular weight excluding hydrogens is 164 g/mol. The van der Waals surface area contributed by atoms with E-state index in [0.717, 1.165) is 19.6 Å². The van der Waals surface area contributed by atoms with Crippen LogP contribution in [0.1, 0.15) is 6.92 Å². The highest BCUT2D eigenvalue weighted by Crippen LogP contribution is 1.96. The molecule has 1 aliphatic heterocycles. The van der Waals surface area contributed by atoms with Gasteiger partial charge in [-0.3, -0.25) is 0 Å². The van der Waals surface area contributed by atoms with Crippen molar-refractivity contribution in [3.8, 4) is 0 Å². The first-order chi connectivity index (χ1) is 6.34. The quantitative estimate of drug-likeness (QED) is 0.676. The van der Waals surface area contributed by atoms with E-state index in [2.05, 4.69) is 27.1 Å². The second kappa shape index (κ2) is 3.89. The molecule has 1 unspecified atom stereocenters. The second-order valence-electron chi connectivity index (χ2n) is 3.68. The number of hydrogen-bond donors (Lipinski definition) is 2. The molecule has 2 heterocycles. The largest absolute Gasteiger partial charge is 0.336 e. The molecule has 1 fully saturated rings.